The number of benzene rings is 1. The highest BCUT2D eigenvalue weighted by Gasteiger charge is 2.05. The van der Waals surface area contributed by atoms with Crippen LogP contribution in [0, 0.1) is 0 Å². The van der Waals surface area contributed by atoms with E-state index in [2.05, 4.69) is 64.3 Å². The molecular formula is C15H22N4. The van der Waals surface area contributed by atoms with Crippen LogP contribution in [0.5, 0.6) is 0 Å². The Kier molecular flexibility index (Phi) is 5.10. The topological polar surface area (TPSA) is 42.7 Å². The Balaban J connectivity index is 1.72. The maximum absolute atomic E-state index is 4.11. The van der Waals surface area contributed by atoms with Crippen LogP contribution in [0.15, 0.2) is 36.7 Å². The van der Waals surface area contributed by atoms with Crippen molar-refractivity contribution in [1.82, 2.24) is 20.1 Å². The highest BCUT2D eigenvalue weighted by Crippen LogP contribution is 2.17. The summed E-state index contributed by atoms with van der Waals surface area (Å²) >= 11 is 0. The molecule has 1 N–H and O–H groups in total. The second-order valence-corrected chi connectivity index (χ2v) is 4.81. The molecule has 102 valence electrons. The van der Waals surface area contributed by atoms with Crippen LogP contribution in [0.25, 0.3) is 0 Å². The van der Waals surface area contributed by atoms with Crippen LogP contribution in [-0.2, 0) is 13.1 Å². The number of rotatable bonds is 7. The molecule has 0 spiro atoms. The van der Waals surface area contributed by atoms with E-state index in [4.69, 9.17) is 0 Å². The maximum Gasteiger partial charge on any atom is 0.146 e. The molecule has 0 aliphatic carbocycles. The van der Waals surface area contributed by atoms with Crippen molar-refractivity contribution >= 4 is 0 Å². The standard InChI is InChI=1S/C15H22N4/c1-3-19-12-17-18-15(19)11-16-10-9-13(2)14-7-5-4-6-8-14/h4-8,12-13,16H,3,9-11H2,1-2H3. The Labute approximate surface area is 114 Å². The highest BCUT2D eigenvalue weighted by atomic mass is 15.3. The molecule has 0 saturated heterocycles. The second-order valence-electron chi connectivity index (χ2n) is 4.81. The maximum atomic E-state index is 4.11. The van der Waals surface area contributed by atoms with Crippen molar-refractivity contribution in [3.63, 3.8) is 0 Å². The summed E-state index contributed by atoms with van der Waals surface area (Å²) in [6.45, 7) is 7.07. The first-order valence-electron chi connectivity index (χ1n) is 6.93. The third kappa shape index (κ3) is 3.89. The first-order chi connectivity index (χ1) is 9.31. The van der Waals surface area contributed by atoms with Gasteiger partial charge < -0.3 is 9.88 Å². The molecule has 0 radical (unpaired) electrons. The summed E-state index contributed by atoms with van der Waals surface area (Å²) < 4.78 is 2.06. The number of nitrogens with zero attached hydrogens (tertiary/aromatic N) is 3. The number of hydrogen-bond acceptors (Lipinski definition) is 3. The molecule has 0 aliphatic rings. The molecule has 0 fully saturated rings. The zero-order valence-electron chi connectivity index (χ0n) is 11.7. The van der Waals surface area contributed by atoms with Crippen LogP contribution in [-0.4, -0.2) is 21.3 Å². The normalized spacial score (nSPS) is 12.5. The van der Waals surface area contributed by atoms with Gasteiger partial charge in [-0.05, 0) is 31.4 Å². The van der Waals surface area contributed by atoms with Gasteiger partial charge in [-0.25, -0.2) is 0 Å². The van der Waals surface area contributed by atoms with E-state index in [1.165, 1.54) is 5.56 Å². The fraction of sp³-hybridized carbons (Fsp3) is 0.467. The molecule has 0 amide bonds. The van der Waals surface area contributed by atoms with Gasteiger partial charge in [-0.3, -0.25) is 0 Å². The quantitative estimate of drug-likeness (QED) is 0.776. The smallest absolute Gasteiger partial charge is 0.146 e. The van der Waals surface area contributed by atoms with E-state index in [1.54, 1.807) is 6.33 Å². The predicted molar refractivity (Wildman–Crippen MR) is 76.9 cm³/mol. The Bertz CT molecular complexity index is 478. The molecule has 2 rings (SSSR count). The van der Waals surface area contributed by atoms with Crippen LogP contribution in [0.4, 0.5) is 0 Å². The molecule has 1 aromatic carbocycles. The molecule has 0 bridgehead atoms. The minimum Gasteiger partial charge on any atom is -0.317 e. The van der Waals surface area contributed by atoms with Crippen LogP contribution in [0.2, 0.25) is 0 Å². The van der Waals surface area contributed by atoms with Crippen LogP contribution < -0.4 is 5.32 Å². The number of aromatic nitrogens is 3. The molecule has 1 aromatic heterocycles. The van der Waals surface area contributed by atoms with Crippen molar-refractivity contribution in [2.75, 3.05) is 6.54 Å². The van der Waals surface area contributed by atoms with Gasteiger partial charge in [0.1, 0.15) is 12.2 Å². The number of aryl methyl sites for hydroxylation is 1. The molecule has 1 atom stereocenters. The average molecular weight is 258 g/mol. The Hall–Kier alpha value is -1.68. The molecule has 1 heterocycles. The van der Waals surface area contributed by atoms with Gasteiger partial charge in [-0.2, -0.15) is 0 Å². The average Bonchev–Trinajstić information content (AvgIpc) is 2.91. The lowest BCUT2D eigenvalue weighted by Crippen LogP contribution is -2.19. The molecule has 1 unspecified atom stereocenters. The first kappa shape index (κ1) is 13.7. The third-order valence-corrected chi connectivity index (χ3v) is 3.44. The van der Waals surface area contributed by atoms with Gasteiger partial charge in [-0.15, -0.1) is 10.2 Å². The summed E-state index contributed by atoms with van der Waals surface area (Å²) in [6, 6.07) is 10.6. The third-order valence-electron chi connectivity index (χ3n) is 3.44. The van der Waals surface area contributed by atoms with E-state index in [0.29, 0.717) is 5.92 Å². The van der Waals surface area contributed by atoms with Gasteiger partial charge >= 0.3 is 0 Å². The van der Waals surface area contributed by atoms with Crippen molar-refractivity contribution in [2.45, 2.75) is 39.3 Å². The summed E-state index contributed by atoms with van der Waals surface area (Å²) in [4.78, 5) is 0. The van der Waals surface area contributed by atoms with E-state index in [9.17, 15) is 0 Å². The summed E-state index contributed by atoms with van der Waals surface area (Å²) in [5, 5.41) is 11.5. The van der Waals surface area contributed by atoms with E-state index < -0.39 is 0 Å². The first-order valence-corrected chi connectivity index (χ1v) is 6.93. The second kappa shape index (κ2) is 7.04. The lowest BCUT2D eigenvalue weighted by atomic mass is 9.98. The zero-order valence-corrected chi connectivity index (χ0v) is 11.7. The fourth-order valence-corrected chi connectivity index (χ4v) is 2.15. The van der Waals surface area contributed by atoms with Crippen molar-refractivity contribution in [2.24, 2.45) is 0 Å². The minimum atomic E-state index is 0.581. The van der Waals surface area contributed by atoms with Gasteiger partial charge in [0, 0.05) is 6.54 Å². The van der Waals surface area contributed by atoms with Crippen LogP contribution in [0.1, 0.15) is 37.6 Å². The van der Waals surface area contributed by atoms with Crippen molar-refractivity contribution in [3.05, 3.63) is 48.0 Å². The minimum absolute atomic E-state index is 0.581. The predicted octanol–water partition coefficient (Wildman–Crippen LogP) is 2.58. The van der Waals surface area contributed by atoms with Crippen LogP contribution >= 0.6 is 0 Å². The molecule has 4 nitrogen and oxygen atoms in total. The van der Waals surface area contributed by atoms with Gasteiger partial charge in [-0.1, -0.05) is 37.3 Å². The number of nitrogens with one attached hydrogen (secondary N) is 1. The monoisotopic (exact) mass is 258 g/mol. The van der Waals surface area contributed by atoms with E-state index >= 15 is 0 Å². The van der Waals surface area contributed by atoms with Crippen LogP contribution in [0.3, 0.4) is 0 Å². The SMILES string of the molecule is CCn1cnnc1CNCCC(C)c1ccccc1. The molecule has 19 heavy (non-hydrogen) atoms. The summed E-state index contributed by atoms with van der Waals surface area (Å²) in [5.41, 5.74) is 1.40. The summed E-state index contributed by atoms with van der Waals surface area (Å²) in [6.07, 6.45) is 2.91. The summed E-state index contributed by atoms with van der Waals surface area (Å²) in [5.74, 6) is 1.59. The molecule has 2 aromatic rings. The largest absolute Gasteiger partial charge is 0.317 e. The van der Waals surface area contributed by atoms with Gasteiger partial charge in [0.15, 0.2) is 0 Å². The lowest BCUT2D eigenvalue weighted by Gasteiger charge is -2.12. The molecule has 0 aliphatic heterocycles. The highest BCUT2D eigenvalue weighted by molar-refractivity contribution is 5.18. The summed E-state index contributed by atoms with van der Waals surface area (Å²) in [7, 11) is 0. The Morgan fingerprint density at radius 3 is 2.79 bits per heavy atom. The van der Waals surface area contributed by atoms with E-state index in [1.807, 2.05) is 0 Å². The van der Waals surface area contributed by atoms with Crippen molar-refractivity contribution < 1.29 is 0 Å². The van der Waals surface area contributed by atoms with Gasteiger partial charge in [0.2, 0.25) is 0 Å². The van der Waals surface area contributed by atoms with Gasteiger partial charge in [0.05, 0.1) is 6.54 Å². The molecular weight excluding hydrogens is 236 g/mol. The van der Waals surface area contributed by atoms with Crippen molar-refractivity contribution in [3.8, 4) is 0 Å². The van der Waals surface area contributed by atoms with E-state index in [0.717, 1.165) is 31.9 Å². The molecule has 0 saturated carbocycles. The fourth-order valence-electron chi connectivity index (χ4n) is 2.15. The van der Waals surface area contributed by atoms with Crippen molar-refractivity contribution in [1.29, 1.82) is 0 Å². The Morgan fingerprint density at radius 2 is 2.05 bits per heavy atom. The Morgan fingerprint density at radius 1 is 1.26 bits per heavy atom. The number of hydrogen-bond donors (Lipinski definition) is 1. The lowest BCUT2D eigenvalue weighted by molar-refractivity contribution is 0.565. The molecule has 4 heteroatoms. The van der Waals surface area contributed by atoms with Gasteiger partial charge in [0.25, 0.3) is 0 Å². The van der Waals surface area contributed by atoms with E-state index in [-0.39, 0.29) is 0 Å². The zero-order chi connectivity index (χ0) is 13.5.